The van der Waals surface area contributed by atoms with Gasteiger partial charge in [0.05, 0.1) is 18.8 Å². The summed E-state index contributed by atoms with van der Waals surface area (Å²) in [6.45, 7) is 2.07. The lowest BCUT2D eigenvalue weighted by atomic mass is 10.1. The van der Waals surface area contributed by atoms with Crippen LogP contribution in [0.5, 0.6) is 5.75 Å². The average Bonchev–Trinajstić information content (AvgIpc) is 2.16. The van der Waals surface area contributed by atoms with Crippen molar-refractivity contribution < 1.29 is 4.74 Å². The van der Waals surface area contributed by atoms with Crippen LogP contribution in [0.1, 0.15) is 5.56 Å². The molecule has 0 fully saturated rings. The summed E-state index contributed by atoms with van der Waals surface area (Å²) in [5.41, 5.74) is 2.24. The highest BCUT2D eigenvalue weighted by Crippen LogP contribution is 2.18. The number of aryl methyl sites for hydroxylation is 1. The minimum atomic E-state index is 0.804. The Labute approximate surface area is 77.2 Å². The van der Waals surface area contributed by atoms with Gasteiger partial charge in [-0.3, -0.25) is 4.98 Å². The standard InChI is InChI=1S/C11H11NO/c1-8-3-4-11-9(5-8)6-10(13-2)7-12-11/h3-7H,1-2H3. The molecule has 0 spiro atoms. The molecular formula is C11H11NO. The molecule has 1 aromatic heterocycles. The molecule has 0 N–H and O–H groups in total. The van der Waals surface area contributed by atoms with Gasteiger partial charge in [0.2, 0.25) is 0 Å². The van der Waals surface area contributed by atoms with Gasteiger partial charge < -0.3 is 4.74 Å². The van der Waals surface area contributed by atoms with Crippen molar-refractivity contribution in [3.8, 4) is 5.75 Å². The van der Waals surface area contributed by atoms with Crippen molar-refractivity contribution in [3.05, 3.63) is 36.0 Å². The van der Waals surface area contributed by atoms with Crippen LogP contribution in [0, 0.1) is 6.92 Å². The molecule has 1 aromatic carbocycles. The minimum Gasteiger partial charge on any atom is -0.495 e. The largest absolute Gasteiger partial charge is 0.495 e. The molecule has 2 aromatic rings. The lowest BCUT2D eigenvalue weighted by molar-refractivity contribution is 0.414. The first-order chi connectivity index (χ1) is 6.29. The zero-order valence-corrected chi connectivity index (χ0v) is 7.74. The first kappa shape index (κ1) is 8.05. The Kier molecular flexibility index (Phi) is 1.89. The maximum Gasteiger partial charge on any atom is 0.137 e. The van der Waals surface area contributed by atoms with E-state index in [1.54, 1.807) is 13.3 Å². The number of fused-ring (bicyclic) bond motifs is 1. The molecule has 13 heavy (non-hydrogen) atoms. The molecule has 1 heterocycles. The summed E-state index contributed by atoms with van der Waals surface area (Å²) in [6.07, 6.45) is 1.73. The number of benzene rings is 1. The Morgan fingerprint density at radius 2 is 2.08 bits per heavy atom. The van der Waals surface area contributed by atoms with E-state index in [0.717, 1.165) is 16.7 Å². The Balaban J connectivity index is 2.68. The maximum atomic E-state index is 5.10. The predicted molar refractivity (Wildman–Crippen MR) is 53.0 cm³/mol. The van der Waals surface area contributed by atoms with Crippen LogP contribution >= 0.6 is 0 Å². The van der Waals surface area contributed by atoms with Gasteiger partial charge in [0, 0.05) is 5.39 Å². The van der Waals surface area contributed by atoms with Crippen molar-refractivity contribution in [2.75, 3.05) is 7.11 Å². The van der Waals surface area contributed by atoms with Crippen molar-refractivity contribution in [3.63, 3.8) is 0 Å². The fourth-order valence-corrected chi connectivity index (χ4v) is 1.34. The number of methoxy groups -OCH3 is 1. The Morgan fingerprint density at radius 3 is 2.85 bits per heavy atom. The summed E-state index contributed by atoms with van der Waals surface area (Å²) in [5, 5.41) is 1.12. The SMILES string of the molecule is COc1cnc2ccc(C)cc2c1. The number of nitrogens with zero attached hydrogens (tertiary/aromatic N) is 1. The summed E-state index contributed by atoms with van der Waals surface area (Å²) < 4.78 is 5.10. The summed E-state index contributed by atoms with van der Waals surface area (Å²) in [7, 11) is 1.65. The molecule has 2 nitrogen and oxygen atoms in total. The lowest BCUT2D eigenvalue weighted by Crippen LogP contribution is -1.85. The molecule has 0 atom stereocenters. The molecule has 2 heteroatoms. The first-order valence-corrected chi connectivity index (χ1v) is 4.20. The topological polar surface area (TPSA) is 22.1 Å². The number of hydrogen-bond donors (Lipinski definition) is 0. The molecule has 0 unspecified atom stereocenters. The fraction of sp³-hybridized carbons (Fsp3) is 0.182. The van der Waals surface area contributed by atoms with Crippen LogP contribution in [0.4, 0.5) is 0 Å². The van der Waals surface area contributed by atoms with Crippen molar-refractivity contribution in [2.24, 2.45) is 0 Å². The second-order valence-corrected chi connectivity index (χ2v) is 3.07. The molecular weight excluding hydrogens is 162 g/mol. The quantitative estimate of drug-likeness (QED) is 0.661. The van der Waals surface area contributed by atoms with Gasteiger partial charge >= 0.3 is 0 Å². The summed E-state index contributed by atoms with van der Waals surface area (Å²) >= 11 is 0. The predicted octanol–water partition coefficient (Wildman–Crippen LogP) is 2.55. The third-order valence-electron chi connectivity index (χ3n) is 2.05. The van der Waals surface area contributed by atoms with Gasteiger partial charge in [-0.25, -0.2) is 0 Å². The maximum absolute atomic E-state index is 5.10. The highest BCUT2D eigenvalue weighted by Gasteiger charge is 1.96. The van der Waals surface area contributed by atoms with Crippen molar-refractivity contribution >= 4 is 10.9 Å². The molecule has 0 aliphatic heterocycles. The van der Waals surface area contributed by atoms with Crippen LogP contribution in [-0.4, -0.2) is 12.1 Å². The van der Waals surface area contributed by atoms with Crippen LogP contribution in [0.25, 0.3) is 10.9 Å². The summed E-state index contributed by atoms with van der Waals surface area (Å²) in [6, 6.07) is 8.17. The number of aromatic nitrogens is 1. The number of hydrogen-bond acceptors (Lipinski definition) is 2. The van der Waals surface area contributed by atoms with E-state index in [4.69, 9.17) is 4.74 Å². The molecule has 2 rings (SSSR count). The van der Waals surface area contributed by atoms with E-state index in [1.165, 1.54) is 5.56 Å². The van der Waals surface area contributed by atoms with Crippen molar-refractivity contribution in [2.45, 2.75) is 6.92 Å². The fourth-order valence-electron chi connectivity index (χ4n) is 1.34. The third kappa shape index (κ3) is 1.47. The van der Waals surface area contributed by atoms with E-state index in [1.807, 2.05) is 12.1 Å². The minimum absolute atomic E-state index is 0.804. The van der Waals surface area contributed by atoms with E-state index < -0.39 is 0 Å². The molecule has 0 saturated carbocycles. The highest BCUT2D eigenvalue weighted by molar-refractivity contribution is 5.80. The second-order valence-electron chi connectivity index (χ2n) is 3.07. The van der Waals surface area contributed by atoms with Gasteiger partial charge in [0.25, 0.3) is 0 Å². The number of rotatable bonds is 1. The molecule has 0 bridgehead atoms. The van der Waals surface area contributed by atoms with Crippen LogP contribution in [-0.2, 0) is 0 Å². The third-order valence-corrected chi connectivity index (χ3v) is 2.05. The van der Waals surface area contributed by atoms with Crippen LogP contribution < -0.4 is 4.74 Å². The van der Waals surface area contributed by atoms with Gasteiger partial charge in [-0.15, -0.1) is 0 Å². The molecule has 0 saturated heterocycles. The van der Waals surface area contributed by atoms with Crippen molar-refractivity contribution in [1.82, 2.24) is 4.98 Å². The zero-order valence-electron chi connectivity index (χ0n) is 7.74. The van der Waals surface area contributed by atoms with E-state index in [-0.39, 0.29) is 0 Å². The Hall–Kier alpha value is -1.57. The van der Waals surface area contributed by atoms with Crippen molar-refractivity contribution in [1.29, 1.82) is 0 Å². The Morgan fingerprint density at radius 1 is 1.23 bits per heavy atom. The normalized spacial score (nSPS) is 10.3. The average molecular weight is 173 g/mol. The van der Waals surface area contributed by atoms with Gasteiger partial charge in [-0.1, -0.05) is 11.6 Å². The summed E-state index contributed by atoms with van der Waals surface area (Å²) in [5.74, 6) is 0.804. The van der Waals surface area contributed by atoms with E-state index in [2.05, 4.69) is 24.0 Å². The van der Waals surface area contributed by atoms with Gasteiger partial charge in [-0.2, -0.15) is 0 Å². The van der Waals surface area contributed by atoms with Crippen LogP contribution in [0.3, 0.4) is 0 Å². The van der Waals surface area contributed by atoms with E-state index >= 15 is 0 Å². The first-order valence-electron chi connectivity index (χ1n) is 4.20. The summed E-state index contributed by atoms with van der Waals surface area (Å²) in [4.78, 5) is 4.27. The highest BCUT2D eigenvalue weighted by atomic mass is 16.5. The molecule has 0 aliphatic rings. The Bertz CT molecular complexity index is 437. The molecule has 66 valence electrons. The monoisotopic (exact) mass is 173 g/mol. The van der Waals surface area contributed by atoms with Gasteiger partial charge in [-0.05, 0) is 25.1 Å². The second kappa shape index (κ2) is 3.05. The number of ether oxygens (including phenoxy) is 1. The lowest BCUT2D eigenvalue weighted by Gasteiger charge is -2.01. The zero-order chi connectivity index (χ0) is 9.26. The molecule has 0 amide bonds. The van der Waals surface area contributed by atoms with Gasteiger partial charge in [0.15, 0.2) is 0 Å². The molecule has 0 radical (unpaired) electrons. The van der Waals surface area contributed by atoms with Gasteiger partial charge in [0.1, 0.15) is 5.75 Å². The number of pyridine rings is 1. The smallest absolute Gasteiger partial charge is 0.137 e. The van der Waals surface area contributed by atoms with Crippen LogP contribution in [0.15, 0.2) is 30.5 Å². The van der Waals surface area contributed by atoms with E-state index in [9.17, 15) is 0 Å². The van der Waals surface area contributed by atoms with Crippen LogP contribution in [0.2, 0.25) is 0 Å². The van der Waals surface area contributed by atoms with E-state index in [0.29, 0.717) is 0 Å². The molecule has 0 aliphatic carbocycles.